The Morgan fingerprint density at radius 3 is 2.65 bits per heavy atom. The molecule has 3 heterocycles. The second kappa shape index (κ2) is 8.37. The van der Waals surface area contributed by atoms with Gasteiger partial charge in [-0.25, -0.2) is 9.78 Å². The summed E-state index contributed by atoms with van der Waals surface area (Å²) in [6.45, 7) is 2.44. The molecule has 0 saturated carbocycles. The van der Waals surface area contributed by atoms with Crippen LogP contribution in [0.4, 0.5) is 5.69 Å². The first-order chi connectivity index (χ1) is 14.8. The Bertz CT molecular complexity index is 1180. The van der Waals surface area contributed by atoms with Crippen LogP contribution in [0.15, 0.2) is 30.3 Å². The lowest BCUT2D eigenvalue weighted by atomic mass is 10.00. The molecule has 4 N–H and O–H groups in total. The number of nitrogens with one attached hydrogen (secondary N) is 2. The molecule has 162 valence electrons. The third-order valence-electron chi connectivity index (χ3n) is 5.43. The lowest BCUT2D eigenvalue weighted by molar-refractivity contribution is 0.0690. The summed E-state index contributed by atoms with van der Waals surface area (Å²) in [4.78, 5) is 33.1. The predicted molar refractivity (Wildman–Crippen MR) is 118 cm³/mol. The van der Waals surface area contributed by atoms with Crippen LogP contribution in [0.25, 0.3) is 10.9 Å². The van der Waals surface area contributed by atoms with Crippen LogP contribution in [0.1, 0.15) is 33.1 Å². The number of β-amino-alcohol motifs (C(OH)–C–C–N with tert-alkyl or cyclic N) is 1. The van der Waals surface area contributed by atoms with Crippen LogP contribution >= 0.6 is 23.2 Å². The molecule has 1 fully saturated rings. The number of carbonyl (C=O) groups excluding carboxylic acids is 1. The van der Waals surface area contributed by atoms with Crippen LogP contribution in [0.3, 0.4) is 0 Å². The van der Waals surface area contributed by atoms with E-state index in [9.17, 15) is 19.8 Å². The van der Waals surface area contributed by atoms with Crippen LogP contribution < -0.4 is 10.2 Å². The van der Waals surface area contributed by atoms with E-state index in [-0.39, 0.29) is 23.0 Å². The number of anilines is 1. The summed E-state index contributed by atoms with van der Waals surface area (Å²) in [5.41, 5.74) is 1.93. The van der Waals surface area contributed by atoms with Gasteiger partial charge in [0, 0.05) is 29.9 Å². The predicted octanol–water partition coefficient (Wildman–Crippen LogP) is 3.25. The SMILES string of the molecule is Cc1[nH]c(C(=O)NC2CCN(c3cc(C(=O)O)nc4ccccc34)CC2O)c(Cl)c1Cl. The van der Waals surface area contributed by atoms with Crippen LogP contribution in [0.5, 0.6) is 0 Å². The number of fused-ring (bicyclic) bond motifs is 1. The smallest absolute Gasteiger partial charge is 0.354 e. The summed E-state index contributed by atoms with van der Waals surface area (Å²) in [5, 5.41) is 24.2. The average molecular weight is 463 g/mol. The van der Waals surface area contributed by atoms with E-state index >= 15 is 0 Å². The van der Waals surface area contributed by atoms with E-state index in [0.717, 1.165) is 5.39 Å². The summed E-state index contributed by atoms with van der Waals surface area (Å²) < 4.78 is 0. The first kappa shape index (κ1) is 21.4. The van der Waals surface area contributed by atoms with E-state index in [0.29, 0.717) is 34.9 Å². The summed E-state index contributed by atoms with van der Waals surface area (Å²) >= 11 is 12.2. The minimum Gasteiger partial charge on any atom is -0.477 e. The molecule has 1 saturated heterocycles. The van der Waals surface area contributed by atoms with Gasteiger partial charge in [0.15, 0.2) is 5.69 Å². The lowest BCUT2D eigenvalue weighted by Crippen LogP contribution is -2.54. The molecule has 8 nitrogen and oxygen atoms in total. The average Bonchev–Trinajstić information content (AvgIpc) is 3.01. The molecular formula is C21H20Cl2N4O4. The topological polar surface area (TPSA) is 119 Å². The number of hydrogen-bond donors (Lipinski definition) is 4. The van der Waals surface area contributed by atoms with Crippen molar-refractivity contribution in [1.82, 2.24) is 15.3 Å². The number of aliphatic hydroxyl groups is 1. The first-order valence-corrected chi connectivity index (χ1v) is 10.4. The fourth-order valence-electron chi connectivity index (χ4n) is 3.82. The number of para-hydroxylation sites is 1. The molecule has 1 aromatic carbocycles. The lowest BCUT2D eigenvalue weighted by Gasteiger charge is -2.38. The van der Waals surface area contributed by atoms with Gasteiger partial charge >= 0.3 is 5.97 Å². The second-order valence-electron chi connectivity index (χ2n) is 7.48. The number of aryl methyl sites for hydroxylation is 1. The van der Waals surface area contributed by atoms with Gasteiger partial charge in [0.1, 0.15) is 5.69 Å². The van der Waals surface area contributed by atoms with Gasteiger partial charge < -0.3 is 25.4 Å². The number of carbonyl (C=O) groups is 2. The van der Waals surface area contributed by atoms with Crippen LogP contribution in [-0.2, 0) is 0 Å². The van der Waals surface area contributed by atoms with Crippen molar-refractivity contribution in [2.24, 2.45) is 0 Å². The Balaban J connectivity index is 1.54. The maximum atomic E-state index is 12.6. The maximum Gasteiger partial charge on any atom is 0.354 e. The zero-order valence-electron chi connectivity index (χ0n) is 16.5. The van der Waals surface area contributed by atoms with Gasteiger partial charge in [-0.15, -0.1) is 0 Å². The highest BCUT2D eigenvalue weighted by atomic mass is 35.5. The number of rotatable bonds is 4. The Morgan fingerprint density at radius 1 is 1.26 bits per heavy atom. The van der Waals surface area contributed by atoms with E-state index in [1.165, 1.54) is 6.07 Å². The monoisotopic (exact) mass is 462 g/mol. The number of hydrogen-bond acceptors (Lipinski definition) is 5. The number of carboxylic acid groups (broad SMARTS) is 1. The molecule has 3 aromatic rings. The Morgan fingerprint density at radius 2 is 2.00 bits per heavy atom. The van der Waals surface area contributed by atoms with Crippen molar-refractivity contribution in [3.63, 3.8) is 0 Å². The highest BCUT2D eigenvalue weighted by molar-refractivity contribution is 6.44. The number of amides is 1. The number of halogens is 2. The molecule has 10 heteroatoms. The molecule has 2 aromatic heterocycles. The Hall–Kier alpha value is -2.81. The van der Waals surface area contributed by atoms with Crippen molar-refractivity contribution in [2.75, 3.05) is 18.0 Å². The number of piperidine rings is 1. The number of carboxylic acids is 1. The Labute approximate surface area is 187 Å². The largest absolute Gasteiger partial charge is 0.477 e. The highest BCUT2D eigenvalue weighted by Crippen LogP contribution is 2.31. The van der Waals surface area contributed by atoms with Crippen molar-refractivity contribution in [3.05, 3.63) is 57.5 Å². The van der Waals surface area contributed by atoms with E-state index in [2.05, 4.69) is 15.3 Å². The molecule has 1 amide bonds. The molecular weight excluding hydrogens is 443 g/mol. The van der Waals surface area contributed by atoms with E-state index in [4.69, 9.17) is 23.2 Å². The molecule has 0 bridgehead atoms. The molecule has 0 radical (unpaired) electrons. The summed E-state index contributed by atoms with van der Waals surface area (Å²) in [7, 11) is 0. The molecule has 31 heavy (non-hydrogen) atoms. The van der Waals surface area contributed by atoms with Crippen molar-refractivity contribution in [2.45, 2.75) is 25.5 Å². The van der Waals surface area contributed by atoms with Crippen LogP contribution in [0.2, 0.25) is 10.0 Å². The molecule has 1 aliphatic rings. The molecule has 2 unspecified atom stereocenters. The standard InChI is InChI=1S/C21H20Cl2N4O4/c1-10-17(22)18(23)19(24-10)20(29)26-13-6-7-27(9-16(13)28)15-8-14(21(30)31)25-12-5-3-2-4-11(12)15/h2-5,8,13,16,24,28H,6-7,9H2,1H3,(H,26,29)(H,30,31). The quantitative estimate of drug-likeness (QED) is 0.472. The molecule has 0 spiro atoms. The minimum atomic E-state index is -1.12. The third kappa shape index (κ3) is 4.06. The van der Waals surface area contributed by atoms with Crippen molar-refractivity contribution >= 4 is 51.7 Å². The summed E-state index contributed by atoms with van der Waals surface area (Å²) in [5.74, 6) is -1.56. The van der Waals surface area contributed by atoms with Crippen molar-refractivity contribution in [3.8, 4) is 0 Å². The summed E-state index contributed by atoms with van der Waals surface area (Å²) in [6.07, 6.45) is -0.417. The maximum absolute atomic E-state index is 12.6. The third-order valence-corrected chi connectivity index (χ3v) is 6.38. The normalized spacial score (nSPS) is 18.9. The molecule has 4 rings (SSSR count). The van der Waals surface area contributed by atoms with E-state index in [1.807, 2.05) is 17.0 Å². The second-order valence-corrected chi connectivity index (χ2v) is 8.24. The van der Waals surface area contributed by atoms with Crippen molar-refractivity contribution < 1.29 is 19.8 Å². The number of aromatic nitrogens is 2. The van der Waals surface area contributed by atoms with Crippen LogP contribution in [0, 0.1) is 6.92 Å². The molecule has 2 atom stereocenters. The number of aromatic carboxylic acids is 1. The van der Waals surface area contributed by atoms with Crippen LogP contribution in [-0.4, -0.2) is 57.3 Å². The van der Waals surface area contributed by atoms with Gasteiger partial charge in [-0.2, -0.15) is 0 Å². The Kier molecular flexibility index (Phi) is 5.79. The number of aliphatic hydroxyl groups excluding tert-OH is 1. The number of aromatic amines is 1. The highest BCUT2D eigenvalue weighted by Gasteiger charge is 2.31. The van der Waals surface area contributed by atoms with Gasteiger partial charge in [0.05, 0.1) is 27.7 Å². The summed E-state index contributed by atoms with van der Waals surface area (Å²) in [6, 6.07) is 8.28. The number of H-pyrrole nitrogens is 1. The van der Waals surface area contributed by atoms with Crippen molar-refractivity contribution in [1.29, 1.82) is 0 Å². The fourth-order valence-corrected chi connectivity index (χ4v) is 4.23. The van der Waals surface area contributed by atoms with Gasteiger partial charge in [-0.3, -0.25) is 4.79 Å². The van der Waals surface area contributed by atoms with Gasteiger partial charge in [-0.1, -0.05) is 41.4 Å². The molecule has 0 aliphatic carbocycles. The van der Waals surface area contributed by atoms with Gasteiger partial charge in [0.2, 0.25) is 0 Å². The van der Waals surface area contributed by atoms with Gasteiger partial charge in [0.25, 0.3) is 5.91 Å². The first-order valence-electron chi connectivity index (χ1n) is 9.66. The number of nitrogens with zero attached hydrogens (tertiary/aromatic N) is 2. The molecule has 1 aliphatic heterocycles. The van der Waals surface area contributed by atoms with E-state index < -0.39 is 24.0 Å². The van der Waals surface area contributed by atoms with Gasteiger partial charge in [-0.05, 0) is 25.5 Å². The zero-order chi connectivity index (χ0) is 22.3. The number of benzene rings is 1. The minimum absolute atomic E-state index is 0.0627. The van der Waals surface area contributed by atoms with E-state index in [1.54, 1.807) is 19.1 Å². The zero-order valence-corrected chi connectivity index (χ0v) is 18.0. The number of pyridine rings is 1. The fraction of sp³-hybridized carbons (Fsp3) is 0.286.